The maximum atomic E-state index is 14.6. The topological polar surface area (TPSA) is 98.0 Å². The Morgan fingerprint density at radius 1 is 1.11 bits per heavy atom. The summed E-state index contributed by atoms with van der Waals surface area (Å²) in [5, 5.41) is 4.48. The number of fused-ring (bicyclic) bond motifs is 5. The molecule has 5 aliphatic rings. The molecule has 1 aliphatic carbocycles. The first-order chi connectivity index (χ1) is 21.3. The van der Waals surface area contributed by atoms with Crippen LogP contribution in [0.25, 0.3) is 10.9 Å². The second kappa shape index (κ2) is 10.2. The van der Waals surface area contributed by atoms with Gasteiger partial charge in [-0.2, -0.15) is 0 Å². The molecule has 2 unspecified atom stereocenters. The average Bonchev–Trinajstić information content (AvgIpc) is 3.74. The number of aromatic nitrogens is 1. The summed E-state index contributed by atoms with van der Waals surface area (Å²) in [6.45, 7) is 5.14. The van der Waals surface area contributed by atoms with Crippen LogP contribution in [0, 0.1) is 11.8 Å². The summed E-state index contributed by atoms with van der Waals surface area (Å²) in [6.07, 6.45) is 5.29. The molecule has 0 radical (unpaired) electrons. The summed E-state index contributed by atoms with van der Waals surface area (Å²) in [5.74, 6) is -0.881. The van der Waals surface area contributed by atoms with Crippen LogP contribution in [0.5, 0.6) is 0 Å². The number of rotatable bonds is 5. The summed E-state index contributed by atoms with van der Waals surface area (Å²) < 4.78 is 6.77. The number of hydrogen-bond acceptors (Lipinski definition) is 5. The maximum absolute atomic E-state index is 14.6. The molecule has 1 aromatic heterocycles. The van der Waals surface area contributed by atoms with E-state index in [-0.39, 0.29) is 41.5 Å². The minimum Gasteiger partial charge on any atom is -0.361 e. The molecule has 4 aliphatic heterocycles. The van der Waals surface area contributed by atoms with Crippen molar-refractivity contribution in [1.82, 2.24) is 25.0 Å². The van der Waals surface area contributed by atoms with Crippen LogP contribution >= 0.6 is 0 Å². The first-order valence-corrected chi connectivity index (χ1v) is 16.2. The second-order valence-electron chi connectivity index (χ2n) is 13.9. The third kappa shape index (κ3) is 4.01. The van der Waals surface area contributed by atoms with Gasteiger partial charge in [0.25, 0.3) is 5.91 Å². The number of piperazine rings is 1. The maximum Gasteiger partial charge on any atom is 0.279 e. The molecular formula is C35H41N5O4. The smallest absolute Gasteiger partial charge is 0.279 e. The molecule has 0 spiro atoms. The van der Waals surface area contributed by atoms with Crippen molar-refractivity contribution in [2.75, 3.05) is 20.1 Å². The molecule has 9 nitrogen and oxygen atoms in total. The average molecular weight is 596 g/mol. The number of ether oxygens (including phenoxy) is 1. The van der Waals surface area contributed by atoms with E-state index < -0.39 is 18.0 Å². The summed E-state index contributed by atoms with van der Waals surface area (Å²) >= 11 is 0. The Bertz CT molecular complexity index is 1640. The number of H-pyrrole nitrogens is 1. The highest BCUT2D eigenvalue weighted by Gasteiger charge is 2.64. The number of aromatic amines is 1. The van der Waals surface area contributed by atoms with Crippen molar-refractivity contribution >= 4 is 28.6 Å². The van der Waals surface area contributed by atoms with Crippen LogP contribution in [0.3, 0.4) is 0 Å². The Morgan fingerprint density at radius 3 is 2.73 bits per heavy atom. The number of nitrogens with one attached hydrogen (secondary N) is 2. The highest BCUT2D eigenvalue weighted by molar-refractivity contribution is 5.97. The number of likely N-dealkylation sites (tertiary alicyclic amines) is 1. The van der Waals surface area contributed by atoms with Gasteiger partial charge >= 0.3 is 0 Å². The lowest BCUT2D eigenvalue weighted by molar-refractivity contribution is -0.171. The summed E-state index contributed by atoms with van der Waals surface area (Å²) in [4.78, 5) is 52.0. The third-order valence-corrected chi connectivity index (χ3v) is 11.2. The summed E-state index contributed by atoms with van der Waals surface area (Å²) in [7, 11) is 2.11. The number of hydrogen-bond donors (Lipinski definition) is 2. The molecule has 3 aromatic rings. The lowest BCUT2D eigenvalue weighted by atomic mass is 9.72. The van der Waals surface area contributed by atoms with Crippen LogP contribution in [-0.2, 0) is 32.0 Å². The van der Waals surface area contributed by atoms with Gasteiger partial charge in [-0.25, -0.2) is 0 Å². The molecule has 0 saturated carbocycles. The van der Waals surface area contributed by atoms with E-state index in [1.54, 1.807) is 4.90 Å². The van der Waals surface area contributed by atoms with Crippen LogP contribution in [0.4, 0.5) is 0 Å². The summed E-state index contributed by atoms with van der Waals surface area (Å²) in [5.41, 5.74) is 3.25. The molecule has 4 fully saturated rings. The normalized spacial score (nSPS) is 33.1. The lowest BCUT2D eigenvalue weighted by Crippen LogP contribution is -2.65. The van der Waals surface area contributed by atoms with Gasteiger partial charge in [0.1, 0.15) is 6.04 Å². The van der Waals surface area contributed by atoms with Crippen LogP contribution in [0.15, 0.2) is 54.7 Å². The van der Waals surface area contributed by atoms with E-state index in [1.165, 1.54) is 16.5 Å². The van der Waals surface area contributed by atoms with Crippen LogP contribution in [-0.4, -0.2) is 87.6 Å². The number of amides is 3. The third-order valence-electron chi connectivity index (χ3n) is 11.2. The Morgan fingerprint density at radius 2 is 1.93 bits per heavy atom. The standard InChI is InChI=1S/C35H41N5O4/c1-20(2)35(34(43)40-29(15-21-9-5-4-6-10-21)32(42)39-14-8-13-27(39)33(40)44-35)37-31(41)23-16-25-24-11-7-12-26-30(24)22(18-36-26)17-28(25)38(3)19-23/h4-7,9-12,18,20,23,25,27-29,33,36H,8,13-17,19H2,1-3H3,(H,37,41)/t23-,25?,27-,28-,29-,33?,35+/m0/s1. The number of carbonyl (C=O) groups excluding carboxylic acids is 3. The van der Waals surface area contributed by atoms with Crippen molar-refractivity contribution in [2.24, 2.45) is 11.8 Å². The molecule has 5 heterocycles. The van der Waals surface area contributed by atoms with Gasteiger partial charge in [0.15, 0.2) is 6.23 Å². The molecule has 9 heteroatoms. The predicted octanol–water partition coefficient (Wildman–Crippen LogP) is 3.40. The zero-order chi connectivity index (χ0) is 30.3. The van der Waals surface area contributed by atoms with Crippen molar-refractivity contribution in [3.8, 4) is 0 Å². The van der Waals surface area contributed by atoms with Crippen LogP contribution in [0.2, 0.25) is 0 Å². The minimum atomic E-state index is -1.52. The van der Waals surface area contributed by atoms with Crippen molar-refractivity contribution in [3.05, 3.63) is 71.4 Å². The molecule has 3 amide bonds. The Balaban J connectivity index is 1.09. The first-order valence-electron chi connectivity index (χ1n) is 16.2. The minimum absolute atomic E-state index is 0.0222. The van der Waals surface area contributed by atoms with Crippen LogP contribution in [0.1, 0.15) is 55.7 Å². The second-order valence-corrected chi connectivity index (χ2v) is 13.9. The van der Waals surface area contributed by atoms with Gasteiger partial charge in [0.05, 0.1) is 12.0 Å². The van der Waals surface area contributed by atoms with Gasteiger partial charge in [-0.15, -0.1) is 0 Å². The molecule has 4 saturated heterocycles. The zero-order valence-electron chi connectivity index (χ0n) is 25.7. The molecule has 8 rings (SSSR count). The number of piperidine rings is 1. The Hall–Kier alpha value is -3.69. The fourth-order valence-electron chi connectivity index (χ4n) is 8.91. The number of nitrogens with zero attached hydrogens (tertiary/aromatic N) is 3. The quantitative estimate of drug-likeness (QED) is 0.472. The highest BCUT2D eigenvalue weighted by Crippen LogP contribution is 2.46. The van der Waals surface area contributed by atoms with E-state index in [2.05, 4.69) is 46.6 Å². The van der Waals surface area contributed by atoms with Crippen LogP contribution < -0.4 is 5.32 Å². The SMILES string of the molecule is CC(C)[C@@]1(NC(=O)[C@H]2CC3c4cccc5[nH]cc(c45)C[C@@H]3N(C)C2)OC2[C@@H]3CCCN3C(=O)[C@H](Cc3ccccc3)N2C1=O. The predicted molar refractivity (Wildman–Crippen MR) is 165 cm³/mol. The first kappa shape index (κ1) is 27.8. The molecular weight excluding hydrogens is 554 g/mol. The fraction of sp³-hybridized carbons (Fsp3) is 0.514. The van der Waals surface area contributed by atoms with E-state index in [0.717, 1.165) is 30.3 Å². The van der Waals surface area contributed by atoms with Gasteiger partial charge in [0, 0.05) is 54.5 Å². The lowest BCUT2D eigenvalue weighted by Gasteiger charge is -2.45. The summed E-state index contributed by atoms with van der Waals surface area (Å²) in [6, 6.07) is 15.7. The van der Waals surface area contributed by atoms with Crippen molar-refractivity contribution in [2.45, 2.75) is 81.9 Å². The van der Waals surface area contributed by atoms with E-state index in [1.807, 2.05) is 49.1 Å². The zero-order valence-corrected chi connectivity index (χ0v) is 25.7. The fourth-order valence-corrected chi connectivity index (χ4v) is 8.91. The van der Waals surface area contributed by atoms with Gasteiger partial charge in [-0.05, 0) is 55.5 Å². The Labute approximate surface area is 257 Å². The molecule has 7 atom stereocenters. The van der Waals surface area contributed by atoms with Gasteiger partial charge in [-0.1, -0.05) is 56.3 Å². The van der Waals surface area contributed by atoms with E-state index in [0.29, 0.717) is 32.0 Å². The van der Waals surface area contributed by atoms with E-state index >= 15 is 0 Å². The van der Waals surface area contributed by atoms with Crippen molar-refractivity contribution in [1.29, 1.82) is 0 Å². The largest absolute Gasteiger partial charge is 0.361 e. The van der Waals surface area contributed by atoms with Gasteiger partial charge in [0.2, 0.25) is 17.5 Å². The highest BCUT2D eigenvalue weighted by atomic mass is 16.6. The monoisotopic (exact) mass is 595 g/mol. The number of benzene rings is 2. The van der Waals surface area contributed by atoms with E-state index in [9.17, 15) is 14.4 Å². The number of carbonyl (C=O) groups is 3. The molecule has 2 aromatic carbocycles. The molecule has 0 bridgehead atoms. The van der Waals surface area contributed by atoms with E-state index in [4.69, 9.17) is 4.74 Å². The number of likely N-dealkylation sites (N-methyl/N-ethyl adjacent to an activating group) is 1. The van der Waals surface area contributed by atoms with Crippen molar-refractivity contribution in [3.63, 3.8) is 0 Å². The molecule has 44 heavy (non-hydrogen) atoms. The van der Waals surface area contributed by atoms with Gasteiger partial charge < -0.3 is 24.8 Å². The van der Waals surface area contributed by atoms with Gasteiger partial charge in [-0.3, -0.25) is 19.3 Å². The molecule has 230 valence electrons. The van der Waals surface area contributed by atoms with Crippen molar-refractivity contribution < 1.29 is 19.1 Å². The Kier molecular flexibility index (Phi) is 6.43. The molecule has 2 N–H and O–H groups in total.